The van der Waals surface area contributed by atoms with Gasteiger partial charge in [0.15, 0.2) is 5.96 Å². The Kier molecular flexibility index (Phi) is 11.6. The summed E-state index contributed by atoms with van der Waals surface area (Å²) in [5.41, 5.74) is 0. The number of carbonyl (C=O) groups excluding carboxylic acids is 1. The fourth-order valence-electron chi connectivity index (χ4n) is 2.64. The number of likely N-dealkylation sites (tertiary alicyclic amines) is 1. The lowest BCUT2D eigenvalue weighted by atomic mass is 9.93. The second kappa shape index (κ2) is 11.9. The molecule has 0 unspecified atom stereocenters. The number of hydrogen-bond donors (Lipinski definition) is 2. The highest BCUT2D eigenvalue weighted by molar-refractivity contribution is 14.0. The molecule has 7 heteroatoms. The van der Waals surface area contributed by atoms with Crippen LogP contribution in [0.15, 0.2) is 4.99 Å². The number of guanidine groups is 1. The molecule has 1 rings (SSSR count). The van der Waals surface area contributed by atoms with Crippen molar-refractivity contribution in [1.82, 2.24) is 20.4 Å². The Balaban J connectivity index is 0.00000441. The van der Waals surface area contributed by atoms with Gasteiger partial charge < -0.3 is 20.4 Å². The first-order chi connectivity index (χ1) is 10.1. The number of piperidine rings is 1. The molecule has 22 heavy (non-hydrogen) atoms. The molecule has 1 aliphatic heterocycles. The van der Waals surface area contributed by atoms with Crippen LogP contribution in [0.4, 0.5) is 0 Å². The number of aliphatic imine (C=N–C) groups is 1. The second-order valence-electron chi connectivity index (χ2n) is 5.94. The zero-order valence-electron chi connectivity index (χ0n) is 14.4. The van der Waals surface area contributed by atoms with E-state index in [1.54, 1.807) is 7.05 Å². The zero-order valence-corrected chi connectivity index (χ0v) is 16.7. The third-order valence-electron chi connectivity index (χ3n) is 3.94. The molecule has 1 fully saturated rings. The summed E-state index contributed by atoms with van der Waals surface area (Å²) in [5, 5.41) is 6.14. The van der Waals surface area contributed by atoms with Gasteiger partial charge in [0, 0.05) is 40.2 Å². The lowest BCUT2D eigenvalue weighted by Crippen LogP contribution is -2.46. The van der Waals surface area contributed by atoms with E-state index in [-0.39, 0.29) is 29.9 Å². The second-order valence-corrected chi connectivity index (χ2v) is 5.94. The number of amides is 1. The Hall–Kier alpha value is -0.570. The first-order valence-corrected chi connectivity index (χ1v) is 7.87. The van der Waals surface area contributed by atoms with Gasteiger partial charge in [0.25, 0.3) is 0 Å². The smallest absolute Gasteiger partial charge is 0.220 e. The molecule has 0 atom stereocenters. The predicted octanol–water partition coefficient (Wildman–Crippen LogP) is 0.980. The van der Waals surface area contributed by atoms with Crippen molar-refractivity contribution < 1.29 is 4.79 Å². The van der Waals surface area contributed by atoms with Crippen molar-refractivity contribution in [3.05, 3.63) is 0 Å². The van der Waals surface area contributed by atoms with Crippen molar-refractivity contribution >= 4 is 35.8 Å². The molecular formula is C15H32IN5O. The third kappa shape index (κ3) is 8.17. The third-order valence-corrected chi connectivity index (χ3v) is 3.94. The lowest BCUT2D eigenvalue weighted by Gasteiger charge is -2.34. The van der Waals surface area contributed by atoms with Gasteiger partial charge in [-0.2, -0.15) is 0 Å². The largest absolute Gasteiger partial charge is 0.359 e. The highest BCUT2D eigenvalue weighted by Gasteiger charge is 2.22. The summed E-state index contributed by atoms with van der Waals surface area (Å²) in [5.74, 6) is 1.65. The molecule has 130 valence electrons. The monoisotopic (exact) mass is 425 g/mol. The maximum absolute atomic E-state index is 11.4. The normalized spacial score (nSPS) is 16.4. The van der Waals surface area contributed by atoms with E-state index in [2.05, 4.69) is 39.5 Å². The molecule has 0 aliphatic carbocycles. The fourth-order valence-corrected chi connectivity index (χ4v) is 2.64. The van der Waals surface area contributed by atoms with Crippen LogP contribution in [-0.4, -0.2) is 76.0 Å². The number of hydrogen-bond acceptors (Lipinski definition) is 3. The first kappa shape index (κ1) is 21.4. The van der Waals surface area contributed by atoms with Gasteiger partial charge in [0.2, 0.25) is 5.91 Å². The van der Waals surface area contributed by atoms with Crippen LogP contribution in [0.2, 0.25) is 0 Å². The Bertz CT molecular complexity index is 341. The Labute approximate surface area is 152 Å². The molecule has 0 aromatic rings. The van der Waals surface area contributed by atoms with Crippen molar-refractivity contribution in [2.45, 2.75) is 25.7 Å². The van der Waals surface area contributed by atoms with E-state index in [0.717, 1.165) is 51.4 Å². The van der Waals surface area contributed by atoms with E-state index in [1.165, 1.54) is 0 Å². The Morgan fingerprint density at radius 1 is 1.32 bits per heavy atom. The maximum atomic E-state index is 11.4. The van der Waals surface area contributed by atoms with Crippen molar-refractivity contribution in [3.63, 3.8) is 0 Å². The number of nitrogens with zero attached hydrogens (tertiary/aromatic N) is 3. The van der Waals surface area contributed by atoms with Gasteiger partial charge in [-0.1, -0.05) is 0 Å². The minimum atomic E-state index is 0. The van der Waals surface area contributed by atoms with Crippen LogP contribution in [0.3, 0.4) is 0 Å². The van der Waals surface area contributed by atoms with Crippen molar-refractivity contribution in [1.29, 1.82) is 0 Å². The number of rotatable bonds is 6. The predicted molar refractivity (Wildman–Crippen MR) is 103 cm³/mol. The minimum Gasteiger partial charge on any atom is -0.359 e. The SMILES string of the molecule is CN=C(NCCCN(C)C)N1CCC(CC(=O)NC)CC1.I. The van der Waals surface area contributed by atoms with Crippen LogP contribution in [-0.2, 0) is 4.79 Å². The molecule has 2 N–H and O–H groups in total. The van der Waals surface area contributed by atoms with Crippen LogP contribution < -0.4 is 10.6 Å². The summed E-state index contributed by atoms with van der Waals surface area (Å²) in [6, 6.07) is 0. The lowest BCUT2D eigenvalue weighted by molar-refractivity contribution is -0.121. The molecule has 1 heterocycles. The topological polar surface area (TPSA) is 60.0 Å². The van der Waals surface area contributed by atoms with E-state index in [4.69, 9.17) is 0 Å². The standard InChI is InChI=1S/C15H31N5O.HI/c1-16-14(21)12-13-6-10-20(11-7-13)15(17-2)18-8-5-9-19(3)4;/h13H,5-12H2,1-4H3,(H,16,21)(H,17,18);1H. The molecule has 0 aromatic heterocycles. The number of halogens is 1. The number of carbonyl (C=O) groups is 1. The van der Waals surface area contributed by atoms with Crippen LogP contribution in [0, 0.1) is 5.92 Å². The van der Waals surface area contributed by atoms with Crippen LogP contribution in [0.5, 0.6) is 0 Å². The highest BCUT2D eigenvalue weighted by atomic mass is 127. The van der Waals surface area contributed by atoms with Gasteiger partial charge in [0.1, 0.15) is 0 Å². The van der Waals surface area contributed by atoms with Gasteiger partial charge in [-0.3, -0.25) is 9.79 Å². The summed E-state index contributed by atoms with van der Waals surface area (Å²) in [6.45, 7) is 3.99. The first-order valence-electron chi connectivity index (χ1n) is 7.87. The molecule has 0 radical (unpaired) electrons. The average Bonchev–Trinajstić information content (AvgIpc) is 2.48. The summed E-state index contributed by atoms with van der Waals surface area (Å²) in [7, 11) is 7.72. The van der Waals surface area contributed by atoms with Crippen LogP contribution in [0.25, 0.3) is 0 Å². The Morgan fingerprint density at radius 3 is 2.45 bits per heavy atom. The molecule has 0 aromatic carbocycles. The molecule has 1 saturated heterocycles. The number of nitrogens with one attached hydrogen (secondary N) is 2. The molecule has 1 amide bonds. The maximum Gasteiger partial charge on any atom is 0.220 e. The molecule has 1 aliphatic rings. The van der Waals surface area contributed by atoms with E-state index in [9.17, 15) is 4.79 Å². The summed E-state index contributed by atoms with van der Waals surface area (Å²) in [6.07, 6.45) is 3.88. The van der Waals surface area contributed by atoms with E-state index in [1.807, 2.05) is 7.05 Å². The minimum absolute atomic E-state index is 0. The van der Waals surface area contributed by atoms with E-state index < -0.39 is 0 Å². The van der Waals surface area contributed by atoms with E-state index in [0.29, 0.717) is 12.3 Å². The van der Waals surface area contributed by atoms with Gasteiger partial charge in [-0.25, -0.2) is 0 Å². The van der Waals surface area contributed by atoms with Gasteiger partial charge >= 0.3 is 0 Å². The van der Waals surface area contributed by atoms with Crippen molar-refractivity contribution in [2.75, 3.05) is 54.4 Å². The van der Waals surface area contributed by atoms with Crippen molar-refractivity contribution in [3.8, 4) is 0 Å². The average molecular weight is 425 g/mol. The molecule has 0 spiro atoms. The molecule has 0 saturated carbocycles. The van der Waals surface area contributed by atoms with Crippen molar-refractivity contribution in [2.24, 2.45) is 10.9 Å². The van der Waals surface area contributed by atoms with Gasteiger partial charge in [-0.05, 0) is 45.8 Å². The molecular weight excluding hydrogens is 393 g/mol. The van der Waals surface area contributed by atoms with Crippen LogP contribution in [0.1, 0.15) is 25.7 Å². The quantitative estimate of drug-likeness (QED) is 0.288. The van der Waals surface area contributed by atoms with Gasteiger partial charge in [-0.15, -0.1) is 24.0 Å². The zero-order chi connectivity index (χ0) is 15.7. The highest BCUT2D eigenvalue weighted by Crippen LogP contribution is 2.20. The summed E-state index contributed by atoms with van der Waals surface area (Å²) < 4.78 is 0. The molecule has 6 nitrogen and oxygen atoms in total. The van der Waals surface area contributed by atoms with Crippen LogP contribution >= 0.6 is 24.0 Å². The Morgan fingerprint density at radius 2 is 1.95 bits per heavy atom. The molecule has 0 bridgehead atoms. The fraction of sp³-hybridized carbons (Fsp3) is 0.867. The summed E-state index contributed by atoms with van der Waals surface area (Å²) in [4.78, 5) is 20.3. The van der Waals surface area contributed by atoms with Gasteiger partial charge in [0.05, 0.1) is 0 Å². The summed E-state index contributed by atoms with van der Waals surface area (Å²) >= 11 is 0. The van der Waals surface area contributed by atoms with E-state index >= 15 is 0 Å².